The van der Waals surface area contributed by atoms with E-state index in [0.29, 0.717) is 12.8 Å². The Balaban J connectivity index is 2.15. The Kier molecular flexibility index (Phi) is 8.55. The molecule has 36 heavy (non-hydrogen) atoms. The number of pyridine rings is 2. The molecule has 1 saturated carbocycles. The van der Waals surface area contributed by atoms with Gasteiger partial charge in [0.05, 0.1) is 22.8 Å². The minimum Gasteiger partial charge on any atom is -0.480 e. The molecule has 0 aromatic carbocycles. The Labute approximate surface area is 205 Å². The molecule has 1 fully saturated rings. The summed E-state index contributed by atoms with van der Waals surface area (Å²) in [6.07, 6.45) is 2.54. The third kappa shape index (κ3) is 6.56. The van der Waals surface area contributed by atoms with Gasteiger partial charge in [-0.3, -0.25) is 19.6 Å². The molecule has 1 aliphatic carbocycles. The highest BCUT2D eigenvalue weighted by atomic mass is 16.4. The Morgan fingerprint density at radius 1 is 0.667 bits per heavy atom. The number of carboxylic acids is 4. The van der Waals surface area contributed by atoms with Crippen LogP contribution in [0.2, 0.25) is 0 Å². The molecule has 0 saturated heterocycles. The van der Waals surface area contributed by atoms with Gasteiger partial charge in [0.15, 0.2) is 0 Å². The van der Waals surface area contributed by atoms with Crippen molar-refractivity contribution in [1.29, 1.82) is 0 Å². The van der Waals surface area contributed by atoms with Crippen LogP contribution in [0.5, 0.6) is 0 Å². The van der Waals surface area contributed by atoms with E-state index in [1.807, 2.05) is 0 Å². The zero-order valence-electron chi connectivity index (χ0n) is 19.1. The fourth-order valence-electron chi connectivity index (χ4n) is 4.26. The Hall–Kier alpha value is -4.48. The number of aromatic nitrogens is 2. The number of aliphatic carboxylic acids is 2. The van der Waals surface area contributed by atoms with Crippen molar-refractivity contribution in [2.45, 2.75) is 25.7 Å². The normalized spacial score (nSPS) is 18.4. The van der Waals surface area contributed by atoms with E-state index >= 15 is 0 Å². The van der Waals surface area contributed by atoms with Crippen LogP contribution in [0.1, 0.15) is 58.0 Å². The molecule has 0 spiro atoms. The molecule has 12 heteroatoms. The summed E-state index contributed by atoms with van der Waals surface area (Å²) in [7, 11) is 0. The first-order valence-corrected chi connectivity index (χ1v) is 11.1. The third-order valence-electron chi connectivity index (χ3n) is 5.70. The van der Waals surface area contributed by atoms with Crippen molar-refractivity contribution in [3.05, 3.63) is 59.2 Å². The van der Waals surface area contributed by atoms with Gasteiger partial charge >= 0.3 is 23.9 Å². The van der Waals surface area contributed by atoms with Crippen LogP contribution in [0.3, 0.4) is 0 Å². The van der Waals surface area contributed by atoms with E-state index in [0.717, 1.165) is 12.8 Å². The van der Waals surface area contributed by atoms with Crippen molar-refractivity contribution in [1.82, 2.24) is 9.97 Å². The molecule has 0 bridgehead atoms. The minimum atomic E-state index is -1.26. The zero-order valence-corrected chi connectivity index (χ0v) is 19.1. The van der Waals surface area contributed by atoms with Gasteiger partial charge in [0.2, 0.25) is 0 Å². The van der Waals surface area contributed by atoms with Gasteiger partial charge in [-0.25, -0.2) is 19.6 Å². The molecule has 2 aromatic rings. The summed E-state index contributed by atoms with van der Waals surface area (Å²) in [5.74, 6) is -5.87. The topological polar surface area (TPSA) is 200 Å². The molecule has 2 heterocycles. The molecule has 0 amide bonds. The molecule has 4 N–H and O–H groups in total. The molecule has 0 radical (unpaired) electrons. The standard InChI is InChI=1S/C24H24N4O8/c29-19(30)11-25-21(15-7-3-9-17(27-15)23(33)34)13-5-1-2-6-14(13)22(26-12-20(31)32)16-8-4-10-18(28-16)24(35)36/h3-4,7-10,13-14H,1-2,5-6,11-12H2,(H,29,30)(H,31,32)(H,33,34)(H,35,36)/t13-,14-/m1/s1. The molecule has 0 aliphatic heterocycles. The highest BCUT2D eigenvalue weighted by molar-refractivity contribution is 6.09. The van der Waals surface area contributed by atoms with Crippen LogP contribution in [0.25, 0.3) is 0 Å². The first kappa shape index (κ1) is 26.1. The maximum absolute atomic E-state index is 11.5. The lowest BCUT2D eigenvalue weighted by atomic mass is 9.72. The van der Waals surface area contributed by atoms with Crippen molar-refractivity contribution < 1.29 is 39.6 Å². The van der Waals surface area contributed by atoms with E-state index in [-0.39, 0.29) is 34.2 Å². The lowest BCUT2D eigenvalue weighted by molar-refractivity contribution is -0.136. The highest BCUT2D eigenvalue weighted by Gasteiger charge is 2.35. The van der Waals surface area contributed by atoms with Gasteiger partial charge in [-0.1, -0.05) is 25.0 Å². The van der Waals surface area contributed by atoms with Gasteiger partial charge < -0.3 is 20.4 Å². The maximum Gasteiger partial charge on any atom is 0.354 e. The van der Waals surface area contributed by atoms with Gasteiger partial charge in [0.25, 0.3) is 0 Å². The number of aliphatic imine (C=N–C) groups is 2. The Morgan fingerprint density at radius 2 is 1.03 bits per heavy atom. The zero-order chi connectivity index (χ0) is 26.2. The number of carboxylic acid groups (broad SMARTS) is 4. The first-order valence-electron chi connectivity index (χ1n) is 11.1. The van der Waals surface area contributed by atoms with Gasteiger partial charge in [0.1, 0.15) is 24.5 Å². The quantitative estimate of drug-likeness (QED) is 0.353. The molecule has 1 aliphatic rings. The van der Waals surface area contributed by atoms with Crippen LogP contribution < -0.4 is 0 Å². The van der Waals surface area contributed by atoms with Crippen LogP contribution in [-0.2, 0) is 9.59 Å². The largest absolute Gasteiger partial charge is 0.480 e. The SMILES string of the molecule is O=C(O)CN=C(c1cccc(C(=O)O)n1)[C@@H]1CCCC[C@H]1C(=NCC(=O)O)c1cccc(C(=O)O)n1. The van der Waals surface area contributed by atoms with Crippen LogP contribution in [-0.4, -0.2) is 78.8 Å². The van der Waals surface area contributed by atoms with Gasteiger partial charge in [0, 0.05) is 11.8 Å². The summed E-state index contributed by atoms with van der Waals surface area (Å²) < 4.78 is 0. The lowest BCUT2D eigenvalue weighted by Gasteiger charge is -2.33. The third-order valence-corrected chi connectivity index (χ3v) is 5.70. The minimum absolute atomic E-state index is 0.192. The highest BCUT2D eigenvalue weighted by Crippen LogP contribution is 2.35. The van der Waals surface area contributed by atoms with Crippen molar-refractivity contribution in [3.63, 3.8) is 0 Å². The second-order valence-electron chi connectivity index (χ2n) is 8.11. The number of rotatable bonds is 10. The average molecular weight is 496 g/mol. The summed E-state index contributed by atoms with van der Waals surface area (Å²) in [4.78, 5) is 62.5. The van der Waals surface area contributed by atoms with Gasteiger partial charge in [-0.15, -0.1) is 0 Å². The molecule has 188 valence electrons. The Morgan fingerprint density at radius 3 is 1.36 bits per heavy atom. The van der Waals surface area contributed by atoms with Crippen LogP contribution >= 0.6 is 0 Å². The molecular formula is C24H24N4O8. The summed E-state index contributed by atoms with van der Waals surface area (Å²) in [5, 5.41) is 37.3. The predicted octanol–water partition coefficient (Wildman–Crippen LogP) is 2.13. The summed E-state index contributed by atoms with van der Waals surface area (Å²) in [6.45, 7) is -1.15. The monoisotopic (exact) mass is 496 g/mol. The van der Waals surface area contributed by atoms with E-state index in [1.54, 1.807) is 0 Å². The van der Waals surface area contributed by atoms with Crippen LogP contribution in [0.15, 0.2) is 46.4 Å². The van der Waals surface area contributed by atoms with Gasteiger partial charge in [-0.05, 0) is 37.1 Å². The molecule has 0 unspecified atom stereocenters. The van der Waals surface area contributed by atoms with Crippen molar-refractivity contribution in [3.8, 4) is 0 Å². The number of aromatic carboxylic acids is 2. The summed E-state index contributed by atoms with van der Waals surface area (Å²) in [5.41, 5.74) is 0.443. The molecular weight excluding hydrogens is 472 g/mol. The number of hydrogen-bond donors (Lipinski definition) is 4. The van der Waals surface area contributed by atoms with E-state index in [9.17, 15) is 39.6 Å². The molecule has 12 nitrogen and oxygen atoms in total. The number of nitrogens with zero attached hydrogens (tertiary/aromatic N) is 4. The van der Waals surface area contributed by atoms with E-state index in [4.69, 9.17) is 0 Å². The number of carbonyl (C=O) groups is 4. The van der Waals surface area contributed by atoms with E-state index in [2.05, 4.69) is 20.0 Å². The fourth-order valence-corrected chi connectivity index (χ4v) is 4.26. The second kappa shape index (κ2) is 11.8. The average Bonchev–Trinajstić information content (AvgIpc) is 2.85. The van der Waals surface area contributed by atoms with E-state index < -0.39 is 48.8 Å². The smallest absolute Gasteiger partial charge is 0.354 e. The van der Waals surface area contributed by atoms with Gasteiger partial charge in [-0.2, -0.15) is 0 Å². The summed E-state index contributed by atoms with van der Waals surface area (Å²) in [6, 6.07) is 8.65. The van der Waals surface area contributed by atoms with E-state index in [1.165, 1.54) is 36.4 Å². The summed E-state index contributed by atoms with van der Waals surface area (Å²) >= 11 is 0. The number of hydrogen-bond acceptors (Lipinski definition) is 8. The molecule has 2 atom stereocenters. The van der Waals surface area contributed by atoms with Crippen LogP contribution in [0, 0.1) is 11.8 Å². The fraction of sp³-hybridized carbons (Fsp3) is 0.333. The lowest BCUT2D eigenvalue weighted by Crippen LogP contribution is -2.35. The predicted molar refractivity (Wildman–Crippen MR) is 126 cm³/mol. The maximum atomic E-state index is 11.5. The second-order valence-corrected chi connectivity index (χ2v) is 8.11. The van der Waals surface area contributed by atoms with Crippen LogP contribution in [0.4, 0.5) is 0 Å². The molecule has 3 rings (SSSR count). The van der Waals surface area contributed by atoms with Crippen molar-refractivity contribution in [2.24, 2.45) is 21.8 Å². The first-order chi connectivity index (χ1) is 17.2. The van der Waals surface area contributed by atoms with Crippen molar-refractivity contribution in [2.75, 3.05) is 13.1 Å². The Bertz CT molecular complexity index is 1140. The molecule has 2 aromatic heterocycles. The van der Waals surface area contributed by atoms with Crippen molar-refractivity contribution >= 4 is 35.3 Å².